The van der Waals surface area contributed by atoms with Crippen LogP contribution in [0.3, 0.4) is 0 Å². The predicted molar refractivity (Wildman–Crippen MR) is 151 cm³/mol. The van der Waals surface area contributed by atoms with Crippen LogP contribution in [0.15, 0.2) is 35.9 Å². The first-order valence-electron chi connectivity index (χ1n) is 14.1. The lowest BCUT2D eigenvalue weighted by Crippen LogP contribution is -2.53. The van der Waals surface area contributed by atoms with Gasteiger partial charge in [0.25, 0.3) is 0 Å². The molecule has 38 heavy (non-hydrogen) atoms. The summed E-state index contributed by atoms with van der Waals surface area (Å²) in [6.07, 6.45) is 7.46. The molecule has 4 aliphatic rings. The highest BCUT2D eigenvalue weighted by molar-refractivity contribution is 6.18. The van der Waals surface area contributed by atoms with Gasteiger partial charge in [-0.3, -0.25) is 14.4 Å². The van der Waals surface area contributed by atoms with Crippen molar-refractivity contribution in [2.24, 2.45) is 28.6 Å². The zero-order valence-electron chi connectivity index (χ0n) is 22.5. The van der Waals surface area contributed by atoms with E-state index in [4.69, 9.17) is 27.9 Å². The highest BCUT2D eigenvalue weighted by Gasteiger charge is 2.61. The van der Waals surface area contributed by atoms with E-state index >= 15 is 0 Å². The molecule has 3 saturated carbocycles. The number of alkyl halides is 2. The summed E-state index contributed by atoms with van der Waals surface area (Å²) in [5, 5.41) is 0. The fourth-order valence-electron chi connectivity index (χ4n) is 8.07. The molecule has 6 atom stereocenters. The third-order valence-electron chi connectivity index (χ3n) is 10.2. The summed E-state index contributed by atoms with van der Waals surface area (Å²) in [4.78, 5) is 41.2. The van der Waals surface area contributed by atoms with E-state index in [0.717, 1.165) is 48.9 Å². The number of rotatable bonds is 8. The molecule has 7 heteroatoms. The Morgan fingerprint density at radius 1 is 1.03 bits per heavy atom. The molecule has 4 unspecified atom stereocenters. The number of benzene rings is 1. The van der Waals surface area contributed by atoms with Crippen molar-refractivity contribution in [3.8, 4) is 0 Å². The SMILES string of the molecule is C[C@]12CCC(OC(=O)Cc3cccc(N(CCCl)CCCl)c3)CC1=CC(=O)C1C2CC[C@]2(C)C(=O)CCC12. The molecule has 0 bridgehead atoms. The van der Waals surface area contributed by atoms with Crippen molar-refractivity contribution in [3.05, 3.63) is 41.5 Å². The van der Waals surface area contributed by atoms with Gasteiger partial charge in [0.05, 0.1) is 6.42 Å². The average molecular weight is 561 g/mol. The number of ether oxygens (including phenoxy) is 1. The van der Waals surface area contributed by atoms with Crippen LogP contribution in [0.1, 0.15) is 64.4 Å². The second-order valence-electron chi connectivity index (χ2n) is 12.2. The minimum absolute atomic E-state index is 0.0440. The lowest BCUT2D eigenvalue weighted by Gasteiger charge is -2.56. The van der Waals surface area contributed by atoms with Gasteiger partial charge in [-0.05, 0) is 73.1 Å². The first-order valence-corrected chi connectivity index (χ1v) is 15.2. The van der Waals surface area contributed by atoms with E-state index in [-0.39, 0.29) is 52.9 Å². The first-order chi connectivity index (χ1) is 18.2. The molecule has 1 aromatic rings. The van der Waals surface area contributed by atoms with Crippen LogP contribution in [0.5, 0.6) is 0 Å². The third-order valence-corrected chi connectivity index (χ3v) is 10.6. The molecule has 206 valence electrons. The zero-order valence-corrected chi connectivity index (χ0v) is 24.0. The number of hydrogen-bond acceptors (Lipinski definition) is 5. The van der Waals surface area contributed by atoms with Gasteiger partial charge in [0.15, 0.2) is 5.78 Å². The summed E-state index contributed by atoms with van der Waals surface area (Å²) in [7, 11) is 0. The number of ketones is 2. The van der Waals surface area contributed by atoms with Gasteiger partial charge in [-0.2, -0.15) is 0 Å². The van der Waals surface area contributed by atoms with Crippen LogP contribution in [0, 0.1) is 28.6 Å². The van der Waals surface area contributed by atoms with E-state index in [1.807, 2.05) is 30.3 Å². The number of carbonyl (C=O) groups excluding carboxylic acids is 3. The van der Waals surface area contributed by atoms with Gasteiger partial charge in [-0.1, -0.05) is 31.6 Å². The van der Waals surface area contributed by atoms with Gasteiger partial charge in [-0.25, -0.2) is 0 Å². The van der Waals surface area contributed by atoms with Crippen molar-refractivity contribution in [3.63, 3.8) is 0 Å². The standard InChI is InChI=1S/C31H39Cl2NO4/c1-30-10-8-23(38-28(37)17-20-4-3-5-22(16-20)34(14-12-32)15-13-33)18-21(30)19-26(35)29-24-6-7-27(36)31(24,2)11-9-25(29)30/h3-5,16,19,23-25,29H,6-15,17-18H2,1-2H3/t23?,24?,25?,29?,30-,31-/m0/s1. The van der Waals surface area contributed by atoms with Crippen molar-refractivity contribution in [1.82, 2.24) is 0 Å². The van der Waals surface area contributed by atoms with Crippen LogP contribution < -0.4 is 4.90 Å². The number of allylic oxidation sites excluding steroid dienone is 1. The Morgan fingerprint density at radius 3 is 2.47 bits per heavy atom. The number of carbonyl (C=O) groups is 3. The van der Waals surface area contributed by atoms with Gasteiger partial charge < -0.3 is 9.64 Å². The molecule has 0 spiro atoms. The van der Waals surface area contributed by atoms with Gasteiger partial charge in [-0.15, -0.1) is 23.2 Å². The number of fused-ring (bicyclic) bond motifs is 5. The van der Waals surface area contributed by atoms with Gasteiger partial charge in [0, 0.05) is 54.7 Å². The maximum atomic E-state index is 13.5. The van der Waals surface area contributed by atoms with E-state index in [2.05, 4.69) is 18.7 Å². The number of Topliss-reactive ketones (excluding diaryl/α,β-unsaturated/α-hetero) is 1. The van der Waals surface area contributed by atoms with Gasteiger partial charge >= 0.3 is 5.97 Å². The lowest BCUT2D eigenvalue weighted by molar-refractivity contribution is -0.151. The lowest BCUT2D eigenvalue weighted by atomic mass is 9.48. The van der Waals surface area contributed by atoms with Crippen molar-refractivity contribution < 1.29 is 19.1 Å². The number of anilines is 1. The van der Waals surface area contributed by atoms with Crippen LogP contribution in [-0.2, 0) is 25.5 Å². The molecule has 0 aliphatic heterocycles. The molecule has 1 aromatic carbocycles. The van der Waals surface area contributed by atoms with Crippen LogP contribution in [0.25, 0.3) is 0 Å². The monoisotopic (exact) mass is 559 g/mol. The van der Waals surface area contributed by atoms with E-state index in [1.165, 1.54) is 0 Å². The van der Waals surface area contributed by atoms with Crippen molar-refractivity contribution >= 4 is 46.4 Å². The largest absolute Gasteiger partial charge is 0.462 e. The Hall–Kier alpha value is -1.85. The fourth-order valence-corrected chi connectivity index (χ4v) is 8.48. The number of esters is 1. The minimum Gasteiger partial charge on any atom is -0.462 e. The summed E-state index contributed by atoms with van der Waals surface area (Å²) >= 11 is 11.9. The molecule has 5 rings (SSSR count). The Morgan fingerprint density at radius 2 is 1.74 bits per heavy atom. The smallest absolute Gasteiger partial charge is 0.310 e. The Kier molecular flexibility index (Phi) is 7.99. The number of hydrogen-bond donors (Lipinski definition) is 0. The molecular weight excluding hydrogens is 521 g/mol. The second kappa shape index (κ2) is 11.0. The number of nitrogens with zero attached hydrogens (tertiary/aromatic N) is 1. The van der Waals surface area contributed by atoms with E-state index in [0.29, 0.717) is 43.5 Å². The van der Waals surface area contributed by atoms with E-state index in [1.54, 1.807) is 0 Å². The van der Waals surface area contributed by atoms with Crippen LogP contribution >= 0.6 is 23.2 Å². The van der Waals surface area contributed by atoms with Crippen LogP contribution in [0.2, 0.25) is 0 Å². The molecule has 3 fully saturated rings. The van der Waals surface area contributed by atoms with Crippen molar-refractivity contribution in [1.29, 1.82) is 0 Å². The van der Waals surface area contributed by atoms with Crippen molar-refractivity contribution in [2.45, 2.75) is 71.3 Å². The third kappa shape index (κ3) is 4.94. The fraction of sp³-hybridized carbons (Fsp3) is 0.645. The van der Waals surface area contributed by atoms with Gasteiger partial charge in [0.1, 0.15) is 11.9 Å². The normalized spacial score (nSPS) is 34.2. The zero-order chi connectivity index (χ0) is 27.1. The highest BCUT2D eigenvalue weighted by atomic mass is 35.5. The maximum absolute atomic E-state index is 13.5. The molecule has 0 heterocycles. The van der Waals surface area contributed by atoms with Crippen LogP contribution in [-0.4, -0.2) is 48.5 Å². The molecule has 0 N–H and O–H groups in total. The van der Waals surface area contributed by atoms with E-state index < -0.39 is 0 Å². The molecule has 0 aromatic heterocycles. The van der Waals surface area contributed by atoms with E-state index in [9.17, 15) is 14.4 Å². The minimum atomic E-state index is -0.326. The Labute approximate surface area is 236 Å². The molecule has 5 nitrogen and oxygen atoms in total. The quantitative estimate of drug-likeness (QED) is 0.283. The molecular formula is C31H39Cl2NO4. The maximum Gasteiger partial charge on any atom is 0.310 e. The summed E-state index contributed by atoms with van der Waals surface area (Å²) in [5.41, 5.74) is 2.65. The molecule has 0 amide bonds. The summed E-state index contributed by atoms with van der Waals surface area (Å²) < 4.78 is 5.96. The summed E-state index contributed by atoms with van der Waals surface area (Å²) in [6.45, 7) is 5.78. The topological polar surface area (TPSA) is 63.7 Å². The highest BCUT2D eigenvalue weighted by Crippen LogP contribution is 2.63. The summed E-state index contributed by atoms with van der Waals surface area (Å²) in [5.74, 6) is 1.71. The Bertz CT molecular complexity index is 1130. The first kappa shape index (κ1) is 27.7. The Balaban J connectivity index is 1.25. The predicted octanol–water partition coefficient (Wildman–Crippen LogP) is 6.14. The van der Waals surface area contributed by atoms with Crippen molar-refractivity contribution in [2.75, 3.05) is 29.7 Å². The van der Waals surface area contributed by atoms with Gasteiger partial charge in [0.2, 0.25) is 0 Å². The number of halogens is 2. The molecule has 4 aliphatic carbocycles. The molecule has 0 saturated heterocycles. The molecule has 0 radical (unpaired) electrons. The van der Waals surface area contributed by atoms with Crippen LogP contribution in [0.4, 0.5) is 5.69 Å². The average Bonchev–Trinajstić information content (AvgIpc) is 3.19. The second-order valence-corrected chi connectivity index (χ2v) is 13.0. The summed E-state index contributed by atoms with van der Waals surface area (Å²) in [6, 6.07) is 7.90.